The lowest BCUT2D eigenvalue weighted by atomic mass is 9.93. The Kier molecular flexibility index (Phi) is 7.94. The molecule has 10 heteroatoms. The molecule has 0 bridgehead atoms. The number of likely N-dealkylation sites (tertiary alicyclic amines) is 2. The minimum absolute atomic E-state index is 0.254. The Morgan fingerprint density at radius 3 is 2.15 bits per heavy atom. The summed E-state index contributed by atoms with van der Waals surface area (Å²) in [5, 5.41) is 6.37. The van der Waals surface area contributed by atoms with Crippen molar-refractivity contribution in [2.45, 2.75) is 76.3 Å². The Morgan fingerprint density at radius 2 is 1.49 bits per heavy atom. The molecule has 0 spiro atoms. The largest absolute Gasteiger partial charge is 0.333 e. The number of fused-ring (bicyclic) bond motifs is 4. The van der Waals surface area contributed by atoms with E-state index in [2.05, 4.69) is 45.3 Å². The summed E-state index contributed by atoms with van der Waals surface area (Å²) in [4.78, 5) is 17.5. The highest BCUT2D eigenvalue weighted by Gasteiger charge is 2.40. The standard InChI is InChI=1S/C21H30N4O3S.C8H16N2/c1-24-10-8-14-9-11-25(13-19(14)24)29(27,28)23-21(26)22-20-17-6-2-4-15(17)12-16-5-3-7-18(16)20;1-10-5-3-7-2-4-9-6-8(7)10/h12,14,19H,2-11,13H2,1H3,(H2,22,23,26);7-9H,2-6H2,1H3. The van der Waals surface area contributed by atoms with Crippen molar-refractivity contribution in [3.8, 4) is 0 Å². The maximum atomic E-state index is 12.9. The third-order valence-electron chi connectivity index (χ3n) is 10.4. The fourth-order valence-electron chi connectivity index (χ4n) is 8.11. The molecule has 2 amide bonds. The third kappa shape index (κ3) is 5.60. The second-order valence-corrected chi connectivity index (χ2v) is 14.3. The molecule has 7 rings (SSSR count). The number of likely N-dealkylation sites (N-methyl/N-ethyl adjacent to an activating group) is 2. The molecule has 4 fully saturated rings. The summed E-state index contributed by atoms with van der Waals surface area (Å²) in [5.41, 5.74) is 5.90. The first kappa shape index (κ1) is 27.4. The van der Waals surface area contributed by atoms with Crippen molar-refractivity contribution in [2.75, 3.05) is 58.7 Å². The van der Waals surface area contributed by atoms with Crippen molar-refractivity contribution in [1.82, 2.24) is 24.1 Å². The summed E-state index contributed by atoms with van der Waals surface area (Å²) >= 11 is 0. The summed E-state index contributed by atoms with van der Waals surface area (Å²) in [6.45, 7) is 5.74. The molecule has 39 heavy (non-hydrogen) atoms. The van der Waals surface area contributed by atoms with Crippen molar-refractivity contribution in [2.24, 2.45) is 11.8 Å². The average molecular weight is 559 g/mol. The van der Waals surface area contributed by atoms with E-state index < -0.39 is 16.2 Å². The summed E-state index contributed by atoms with van der Waals surface area (Å²) in [6.07, 6.45) is 11.0. The Hall–Kier alpha value is -1.72. The number of urea groups is 1. The minimum atomic E-state index is -3.85. The molecule has 0 aromatic heterocycles. The van der Waals surface area contributed by atoms with Gasteiger partial charge in [0.2, 0.25) is 0 Å². The van der Waals surface area contributed by atoms with Crippen LogP contribution in [0.1, 0.15) is 60.8 Å². The van der Waals surface area contributed by atoms with Gasteiger partial charge in [-0.05, 0) is 132 Å². The molecule has 4 aliphatic heterocycles. The number of amides is 2. The number of rotatable bonds is 3. The predicted octanol–water partition coefficient (Wildman–Crippen LogP) is 2.36. The minimum Gasteiger partial charge on any atom is -0.315 e. The SMILES string of the molecule is CN1CCC2CCN(S(=O)(=O)NC(=O)Nc3c4c(cc5c3CCC5)CCC4)CC21.CN1CCC2CCNCC21. The van der Waals surface area contributed by atoms with Crippen molar-refractivity contribution in [1.29, 1.82) is 0 Å². The molecule has 4 unspecified atom stereocenters. The van der Waals surface area contributed by atoms with Crippen LogP contribution in [0.15, 0.2) is 6.07 Å². The molecule has 4 atom stereocenters. The Balaban J connectivity index is 0.000000231. The van der Waals surface area contributed by atoms with Crippen LogP contribution in [0.5, 0.6) is 0 Å². The van der Waals surface area contributed by atoms with Gasteiger partial charge in [-0.2, -0.15) is 12.7 Å². The number of carbonyl (C=O) groups is 1. The van der Waals surface area contributed by atoms with Gasteiger partial charge < -0.3 is 20.4 Å². The van der Waals surface area contributed by atoms with Crippen LogP contribution in [0.4, 0.5) is 10.5 Å². The molecular formula is C29H46N6O3S. The smallest absolute Gasteiger partial charge is 0.315 e. The fraction of sp³-hybridized carbons (Fsp3) is 0.759. The zero-order valence-corrected chi connectivity index (χ0v) is 24.5. The van der Waals surface area contributed by atoms with Gasteiger partial charge in [0.05, 0.1) is 0 Å². The van der Waals surface area contributed by atoms with Gasteiger partial charge in [0.25, 0.3) is 0 Å². The number of nitrogens with zero attached hydrogens (tertiary/aromatic N) is 3. The molecule has 3 N–H and O–H groups in total. The number of hydrogen-bond donors (Lipinski definition) is 3. The molecule has 2 aliphatic carbocycles. The molecule has 0 radical (unpaired) electrons. The highest BCUT2D eigenvalue weighted by Crippen LogP contribution is 2.38. The monoisotopic (exact) mass is 558 g/mol. The van der Waals surface area contributed by atoms with Crippen LogP contribution in [0, 0.1) is 11.8 Å². The molecule has 6 aliphatic rings. The van der Waals surface area contributed by atoms with Crippen molar-refractivity contribution < 1.29 is 13.2 Å². The zero-order valence-electron chi connectivity index (χ0n) is 23.7. The quantitative estimate of drug-likeness (QED) is 0.527. The van der Waals surface area contributed by atoms with Crippen LogP contribution in [0.3, 0.4) is 0 Å². The number of benzene rings is 1. The number of nitrogens with one attached hydrogen (secondary N) is 3. The van der Waals surface area contributed by atoms with Gasteiger partial charge >= 0.3 is 16.2 Å². The van der Waals surface area contributed by atoms with Crippen LogP contribution in [-0.2, 0) is 35.9 Å². The third-order valence-corrected chi connectivity index (χ3v) is 11.8. The van der Waals surface area contributed by atoms with Crippen LogP contribution in [0.25, 0.3) is 0 Å². The number of carbonyl (C=O) groups excluding carboxylic acids is 1. The normalized spacial score (nSPS) is 30.6. The Bertz CT molecular complexity index is 1160. The van der Waals surface area contributed by atoms with Crippen molar-refractivity contribution in [3.05, 3.63) is 28.3 Å². The van der Waals surface area contributed by atoms with Crippen molar-refractivity contribution in [3.63, 3.8) is 0 Å². The molecule has 9 nitrogen and oxygen atoms in total. The maximum absolute atomic E-state index is 12.9. The average Bonchev–Trinajstić information content (AvgIpc) is 3.72. The van der Waals surface area contributed by atoms with E-state index in [4.69, 9.17) is 0 Å². The second kappa shape index (κ2) is 11.3. The van der Waals surface area contributed by atoms with E-state index in [0.29, 0.717) is 19.0 Å². The highest BCUT2D eigenvalue weighted by atomic mass is 32.2. The summed E-state index contributed by atoms with van der Waals surface area (Å²) < 4.78 is 29.5. The molecule has 4 heterocycles. The first-order valence-electron chi connectivity index (χ1n) is 15.2. The van der Waals surface area contributed by atoms with Gasteiger partial charge in [-0.15, -0.1) is 0 Å². The lowest BCUT2D eigenvalue weighted by Crippen LogP contribution is -2.53. The van der Waals surface area contributed by atoms with Crippen LogP contribution >= 0.6 is 0 Å². The number of aryl methyl sites for hydroxylation is 2. The van der Waals surface area contributed by atoms with E-state index in [0.717, 1.165) is 75.6 Å². The van der Waals surface area contributed by atoms with Gasteiger partial charge in [0, 0.05) is 37.4 Å². The van der Waals surface area contributed by atoms with E-state index in [1.165, 1.54) is 59.0 Å². The lowest BCUT2D eigenvalue weighted by Gasteiger charge is -2.36. The van der Waals surface area contributed by atoms with Gasteiger partial charge in [-0.1, -0.05) is 6.07 Å². The number of anilines is 1. The Labute approximate surface area is 234 Å². The van der Waals surface area contributed by atoms with E-state index in [1.54, 1.807) is 0 Å². The van der Waals surface area contributed by atoms with E-state index in [-0.39, 0.29) is 6.04 Å². The number of hydrogen-bond acceptors (Lipinski definition) is 6. The predicted molar refractivity (Wildman–Crippen MR) is 154 cm³/mol. The zero-order chi connectivity index (χ0) is 27.1. The van der Waals surface area contributed by atoms with Gasteiger partial charge in [0.1, 0.15) is 0 Å². The van der Waals surface area contributed by atoms with Crippen LogP contribution < -0.4 is 15.4 Å². The number of piperidine rings is 2. The molecule has 4 saturated heterocycles. The first-order chi connectivity index (χ1) is 18.8. The summed E-state index contributed by atoms with van der Waals surface area (Å²) in [6, 6.07) is 2.77. The highest BCUT2D eigenvalue weighted by molar-refractivity contribution is 7.87. The van der Waals surface area contributed by atoms with E-state index >= 15 is 0 Å². The molecule has 1 aromatic carbocycles. The maximum Gasteiger partial charge on any atom is 0.333 e. The van der Waals surface area contributed by atoms with Crippen LogP contribution in [-0.4, -0.2) is 94.0 Å². The van der Waals surface area contributed by atoms with Crippen LogP contribution in [0.2, 0.25) is 0 Å². The van der Waals surface area contributed by atoms with Gasteiger partial charge in [0.15, 0.2) is 0 Å². The summed E-state index contributed by atoms with van der Waals surface area (Å²) in [5.74, 6) is 1.57. The fourth-order valence-corrected chi connectivity index (χ4v) is 9.22. The van der Waals surface area contributed by atoms with Crippen molar-refractivity contribution >= 4 is 21.9 Å². The lowest BCUT2D eigenvalue weighted by molar-refractivity contribution is 0.174. The van der Waals surface area contributed by atoms with Gasteiger partial charge in [-0.3, -0.25) is 0 Å². The summed E-state index contributed by atoms with van der Waals surface area (Å²) in [7, 11) is 0.452. The Morgan fingerprint density at radius 1 is 0.872 bits per heavy atom. The molecular weight excluding hydrogens is 512 g/mol. The molecule has 0 saturated carbocycles. The molecule has 216 valence electrons. The van der Waals surface area contributed by atoms with Gasteiger partial charge in [-0.25, -0.2) is 9.52 Å². The second-order valence-electron chi connectivity index (χ2n) is 12.6. The first-order valence-corrected chi connectivity index (χ1v) is 16.6. The van der Waals surface area contributed by atoms with E-state index in [9.17, 15) is 13.2 Å². The van der Waals surface area contributed by atoms with E-state index in [1.807, 2.05) is 0 Å². The molecule has 1 aromatic rings. The topological polar surface area (TPSA) is 97.0 Å².